The van der Waals surface area contributed by atoms with Crippen LogP contribution >= 0.6 is 22.7 Å². The van der Waals surface area contributed by atoms with Gasteiger partial charge < -0.3 is 4.42 Å². The molecule has 0 radical (unpaired) electrons. The van der Waals surface area contributed by atoms with E-state index < -0.39 is 0 Å². The SMILES string of the molecule is c1ccc(-c2nc(-c3ccc4sc5ccccc5c4c3)nc(-c3cccc4oc5cccc(-c6nc(-c7ccccc7)c7sc8ccccc8c7n6)c5c34)n2)cc1. The Hall–Kier alpha value is -7.13. The Kier molecular flexibility index (Phi) is 7.17. The summed E-state index contributed by atoms with van der Waals surface area (Å²) in [6.45, 7) is 0. The first-order chi connectivity index (χ1) is 28.2. The van der Waals surface area contributed by atoms with Gasteiger partial charge >= 0.3 is 0 Å². The van der Waals surface area contributed by atoms with E-state index in [4.69, 9.17) is 29.3 Å². The van der Waals surface area contributed by atoms with Gasteiger partial charge in [-0.2, -0.15) is 0 Å². The molecule has 0 fully saturated rings. The highest BCUT2D eigenvalue weighted by molar-refractivity contribution is 7.26. The molecule has 8 heteroatoms. The molecule has 0 amide bonds. The molecule has 12 rings (SSSR count). The number of fused-ring (bicyclic) bond motifs is 9. The number of thiophene rings is 2. The summed E-state index contributed by atoms with van der Waals surface area (Å²) >= 11 is 3.53. The van der Waals surface area contributed by atoms with Gasteiger partial charge in [0.1, 0.15) is 11.2 Å². The Morgan fingerprint density at radius 2 is 0.930 bits per heavy atom. The van der Waals surface area contributed by atoms with E-state index in [0.29, 0.717) is 23.3 Å². The smallest absolute Gasteiger partial charge is 0.164 e. The van der Waals surface area contributed by atoms with E-state index >= 15 is 0 Å². The fraction of sp³-hybridized carbons (Fsp3) is 0. The number of nitrogens with zero attached hydrogens (tertiary/aromatic N) is 5. The summed E-state index contributed by atoms with van der Waals surface area (Å²) in [7, 11) is 0. The third-order valence-corrected chi connectivity index (χ3v) is 12.9. The molecule has 57 heavy (non-hydrogen) atoms. The van der Waals surface area contributed by atoms with Crippen molar-refractivity contribution >= 4 is 85.1 Å². The molecule has 6 nitrogen and oxygen atoms in total. The lowest BCUT2D eigenvalue weighted by Crippen LogP contribution is -2.00. The number of hydrogen-bond acceptors (Lipinski definition) is 8. The van der Waals surface area contributed by atoms with Crippen LogP contribution in [0.4, 0.5) is 0 Å². The summed E-state index contributed by atoms with van der Waals surface area (Å²) in [5.74, 6) is 2.39. The number of rotatable bonds is 5. The van der Waals surface area contributed by atoms with Crippen LogP contribution in [0.15, 0.2) is 168 Å². The minimum Gasteiger partial charge on any atom is -0.456 e. The first-order valence-corrected chi connectivity index (χ1v) is 20.3. The van der Waals surface area contributed by atoms with Gasteiger partial charge in [0.05, 0.1) is 15.9 Å². The molecule has 0 unspecified atom stereocenters. The molecule has 5 heterocycles. The molecule has 266 valence electrons. The zero-order valence-corrected chi connectivity index (χ0v) is 31.7. The summed E-state index contributed by atoms with van der Waals surface area (Å²) in [5, 5.41) is 5.34. The van der Waals surface area contributed by atoms with Crippen LogP contribution in [-0.4, -0.2) is 24.9 Å². The van der Waals surface area contributed by atoms with E-state index in [9.17, 15) is 0 Å². The third-order valence-electron chi connectivity index (χ3n) is 10.6. The molecule has 0 saturated carbocycles. The zero-order chi connectivity index (χ0) is 37.5. The predicted molar refractivity (Wildman–Crippen MR) is 236 cm³/mol. The summed E-state index contributed by atoms with van der Waals surface area (Å²) in [6.07, 6.45) is 0. The second kappa shape index (κ2) is 12.7. The van der Waals surface area contributed by atoms with E-state index in [-0.39, 0.29) is 0 Å². The Morgan fingerprint density at radius 3 is 1.65 bits per heavy atom. The number of hydrogen-bond donors (Lipinski definition) is 0. The lowest BCUT2D eigenvalue weighted by molar-refractivity contribution is 0.669. The molecule has 0 saturated heterocycles. The van der Waals surface area contributed by atoms with Crippen LogP contribution in [0.3, 0.4) is 0 Å². The fourth-order valence-electron chi connectivity index (χ4n) is 7.95. The minimum atomic E-state index is 0.558. The van der Waals surface area contributed by atoms with Gasteiger partial charge in [0.15, 0.2) is 23.3 Å². The number of furan rings is 1. The van der Waals surface area contributed by atoms with Gasteiger partial charge in [-0.05, 0) is 42.5 Å². The Morgan fingerprint density at radius 1 is 0.368 bits per heavy atom. The first-order valence-electron chi connectivity index (χ1n) is 18.7. The van der Waals surface area contributed by atoms with Crippen LogP contribution in [0.2, 0.25) is 0 Å². The lowest BCUT2D eigenvalue weighted by Gasteiger charge is -2.10. The normalized spacial score (nSPS) is 11.9. The van der Waals surface area contributed by atoms with E-state index in [1.165, 1.54) is 24.9 Å². The number of aromatic nitrogens is 5. The van der Waals surface area contributed by atoms with Crippen LogP contribution in [0, 0.1) is 0 Å². The van der Waals surface area contributed by atoms with Gasteiger partial charge in [-0.15, -0.1) is 22.7 Å². The van der Waals surface area contributed by atoms with Gasteiger partial charge in [-0.3, -0.25) is 0 Å². The average molecular weight is 766 g/mol. The zero-order valence-electron chi connectivity index (χ0n) is 30.0. The van der Waals surface area contributed by atoms with E-state index in [1.54, 1.807) is 22.7 Å². The highest BCUT2D eigenvalue weighted by Crippen LogP contribution is 2.44. The van der Waals surface area contributed by atoms with Crippen molar-refractivity contribution in [3.8, 4) is 56.8 Å². The highest BCUT2D eigenvalue weighted by atomic mass is 32.1. The fourth-order valence-corrected chi connectivity index (χ4v) is 10.2. The largest absolute Gasteiger partial charge is 0.456 e. The Bertz CT molecular complexity index is 3540. The molecule has 0 aliphatic carbocycles. The molecular weight excluding hydrogens is 739 g/mol. The molecular formula is C49H27N5OS2. The van der Waals surface area contributed by atoms with Gasteiger partial charge in [-0.25, -0.2) is 24.9 Å². The van der Waals surface area contributed by atoms with Crippen molar-refractivity contribution in [2.75, 3.05) is 0 Å². The highest BCUT2D eigenvalue weighted by Gasteiger charge is 2.23. The standard InChI is InChI=1S/C49H27N5OS2/c1-3-13-28(14-4-1)43-45-44(32-18-8-10-24-39(32)57-45)51-48(50-43)33-19-11-21-36-41(33)42-34(20-12-22-37(42)55-36)49-53-46(29-15-5-2-6-16-29)52-47(54-49)30-25-26-40-35(27-30)31-17-7-9-23-38(31)56-40/h1-27H. The van der Waals surface area contributed by atoms with Crippen molar-refractivity contribution in [2.45, 2.75) is 0 Å². The van der Waals surface area contributed by atoms with Crippen LogP contribution in [-0.2, 0) is 0 Å². The maximum absolute atomic E-state index is 6.62. The minimum absolute atomic E-state index is 0.558. The Balaban J connectivity index is 1.12. The second-order valence-electron chi connectivity index (χ2n) is 14.0. The van der Waals surface area contributed by atoms with Crippen LogP contribution in [0.25, 0.3) is 119 Å². The molecule has 0 spiro atoms. The van der Waals surface area contributed by atoms with Gasteiger partial charge in [-0.1, -0.05) is 121 Å². The molecule has 0 atom stereocenters. The van der Waals surface area contributed by atoms with Crippen molar-refractivity contribution in [1.82, 2.24) is 24.9 Å². The molecule has 5 aromatic heterocycles. The molecule has 12 aromatic rings. The second-order valence-corrected chi connectivity index (χ2v) is 16.1. The van der Waals surface area contributed by atoms with Gasteiger partial charge in [0.2, 0.25) is 0 Å². The first kappa shape index (κ1) is 32.1. The van der Waals surface area contributed by atoms with Gasteiger partial charge in [0.25, 0.3) is 0 Å². The van der Waals surface area contributed by atoms with Gasteiger partial charge in [0, 0.05) is 68.8 Å². The van der Waals surface area contributed by atoms with Crippen molar-refractivity contribution in [3.63, 3.8) is 0 Å². The number of benzene rings is 7. The molecule has 0 aliphatic rings. The average Bonchev–Trinajstić information content (AvgIpc) is 3.97. The van der Waals surface area contributed by atoms with Crippen molar-refractivity contribution in [3.05, 3.63) is 164 Å². The topological polar surface area (TPSA) is 77.6 Å². The van der Waals surface area contributed by atoms with Crippen LogP contribution in [0.1, 0.15) is 0 Å². The van der Waals surface area contributed by atoms with Crippen LogP contribution in [0.5, 0.6) is 0 Å². The summed E-state index contributed by atoms with van der Waals surface area (Å²) in [4.78, 5) is 26.2. The lowest BCUT2D eigenvalue weighted by atomic mass is 10.0. The monoisotopic (exact) mass is 765 g/mol. The van der Waals surface area contributed by atoms with E-state index in [2.05, 4.69) is 103 Å². The maximum Gasteiger partial charge on any atom is 0.164 e. The van der Waals surface area contributed by atoms with Crippen LogP contribution < -0.4 is 0 Å². The third kappa shape index (κ3) is 5.19. The summed E-state index contributed by atoms with van der Waals surface area (Å²) < 4.78 is 11.3. The van der Waals surface area contributed by atoms with E-state index in [0.717, 1.165) is 71.1 Å². The molecule has 0 aliphatic heterocycles. The molecule has 0 N–H and O–H groups in total. The quantitative estimate of drug-likeness (QED) is 0.174. The maximum atomic E-state index is 6.62. The molecule has 7 aromatic carbocycles. The summed E-state index contributed by atoms with van der Waals surface area (Å²) in [6, 6.07) is 56.1. The van der Waals surface area contributed by atoms with E-state index in [1.807, 2.05) is 60.7 Å². The molecule has 0 bridgehead atoms. The predicted octanol–water partition coefficient (Wildman–Crippen LogP) is 13.6. The van der Waals surface area contributed by atoms with Crippen molar-refractivity contribution < 1.29 is 4.42 Å². The van der Waals surface area contributed by atoms with Crippen molar-refractivity contribution in [1.29, 1.82) is 0 Å². The Labute approximate surface area is 333 Å². The van der Waals surface area contributed by atoms with Crippen molar-refractivity contribution in [2.24, 2.45) is 0 Å². The summed E-state index contributed by atoms with van der Waals surface area (Å²) in [5.41, 5.74) is 7.91.